The number of ether oxygens (including phenoxy) is 1. The van der Waals surface area contributed by atoms with Crippen molar-refractivity contribution in [3.63, 3.8) is 0 Å². The summed E-state index contributed by atoms with van der Waals surface area (Å²) < 4.78 is 11.4. The Labute approximate surface area is 160 Å². The second-order valence-corrected chi connectivity index (χ2v) is 6.43. The van der Waals surface area contributed by atoms with Crippen LogP contribution in [0.2, 0.25) is 0 Å². The van der Waals surface area contributed by atoms with Gasteiger partial charge in [-0.3, -0.25) is 10.1 Å². The Morgan fingerprint density at radius 2 is 1.86 bits per heavy atom. The van der Waals surface area contributed by atoms with Gasteiger partial charge in [-0.05, 0) is 24.3 Å². The SMILES string of the molecule is O=C(Nc1nc(N2CCOCC2)c2oc3ncccc3c2n1)c1ccccc1. The van der Waals surface area contributed by atoms with E-state index in [0.29, 0.717) is 54.5 Å². The van der Waals surface area contributed by atoms with Gasteiger partial charge in [-0.2, -0.15) is 4.98 Å². The van der Waals surface area contributed by atoms with Crippen LogP contribution in [0.15, 0.2) is 53.1 Å². The van der Waals surface area contributed by atoms with Crippen LogP contribution < -0.4 is 10.2 Å². The number of nitrogens with one attached hydrogen (secondary N) is 1. The molecule has 1 saturated heterocycles. The monoisotopic (exact) mass is 375 g/mol. The molecule has 3 aromatic heterocycles. The standard InChI is InChI=1S/C20H17N5O3/c26-18(13-5-2-1-3-6-13)24-20-22-15-14-7-4-8-21-19(14)28-16(15)17(23-20)25-9-11-27-12-10-25/h1-8H,9-12H2,(H,22,23,24,26). The quantitative estimate of drug-likeness (QED) is 0.588. The van der Waals surface area contributed by atoms with Crippen LogP contribution in [0.25, 0.3) is 22.2 Å². The first kappa shape index (κ1) is 16.6. The van der Waals surface area contributed by atoms with Crippen molar-refractivity contribution >= 4 is 39.9 Å². The van der Waals surface area contributed by atoms with Crippen molar-refractivity contribution < 1.29 is 13.9 Å². The molecule has 0 spiro atoms. The van der Waals surface area contributed by atoms with Crippen LogP contribution in [-0.4, -0.2) is 47.2 Å². The summed E-state index contributed by atoms with van der Waals surface area (Å²) in [6.07, 6.45) is 1.67. The highest BCUT2D eigenvalue weighted by atomic mass is 16.5. The van der Waals surface area contributed by atoms with Crippen molar-refractivity contribution in [1.82, 2.24) is 15.0 Å². The summed E-state index contributed by atoms with van der Waals surface area (Å²) in [7, 11) is 0. The van der Waals surface area contributed by atoms with E-state index < -0.39 is 0 Å². The minimum Gasteiger partial charge on any atom is -0.432 e. The maximum absolute atomic E-state index is 12.6. The Kier molecular flexibility index (Phi) is 4.10. The first-order valence-electron chi connectivity index (χ1n) is 9.04. The van der Waals surface area contributed by atoms with Crippen molar-refractivity contribution in [2.75, 3.05) is 36.5 Å². The lowest BCUT2D eigenvalue weighted by atomic mass is 10.2. The highest BCUT2D eigenvalue weighted by Gasteiger charge is 2.23. The van der Waals surface area contributed by atoms with Gasteiger partial charge in [-0.1, -0.05) is 18.2 Å². The van der Waals surface area contributed by atoms with E-state index in [9.17, 15) is 4.79 Å². The molecule has 28 heavy (non-hydrogen) atoms. The molecule has 0 unspecified atom stereocenters. The zero-order valence-electron chi connectivity index (χ0n) is 15.0. The van der Waals surface area contributed by atoms with Crippen LogP contribution in [0.5, 0.6) is 0 Å². The number of morpholine rings is 1. The molecular formula is C20H17N5O3. The molecule has 5 rings (SSSR count). The molecule has 140 valence electrons. The third-order valence-corrected chi connectivity index (χ3v) is 4.64. The molecule has 0 bridgehead atoms. The minimum absolute atomic E-state index is 0.231. The summed E-state index contributed by atoms with van der Waals surface area (Å²) >= 11 is 0. The van der Waals surface area contributed by atoms with E-state index in [1.807, 2.05) is 30.3 Å². The molecule has 0 radical (unpaired) electrons. The van der Waals surface area contributed by atoms with Crippen LogP contribution >= 0.6 is 0 Å². The molecule has 1 amide bonds. The highest BCUT2D eigenvalue weighted by Crippen LogP contribution is 2.33. The third-order valence-electron chi connectivity index (χ3n) is 4.64. The van der Waals surface area contributed by atoms with E-state index in [4.69, 9.17) is 9.15 Å². The van der Waals surface area contributed by atoms with Gasteiger partial charge in [0.05, 0.1) is 18.6 Å². The van der Waals surface area contributed by atoms with E-state index in [1.54, 1.807) is 18.3 Å². The Morgan fingerprint density at radius 1 is 1.04 bits per heavy atom. The smallest absolute Gasteiger partial charge is 0.258 e. The lowest BCUT2D eigenvalue weighted by Crippen LogP contribution is -2.37. The van der Waals surface area contributed by atoms with Crippen molar-refractivity contribution in [1.29, 1.82) is 0 Å². The predicted octanol–water partition coefficient (Wildman–Crippen LogP) is 2.86. The van der Waals surface area contributed by atoms with Crippen molar-refractivity contribution in [3.8, 4) is 0 Å². The number of benzene rings is 1. The van der Waals surface area contributed by atoms with E-state index >= 15 is 0 Å². The lowest BCUT2D eigenvalue weighted by Gasteiger charge is -2.27. The average molecular weight is 375 g/mol. The molecule has 1 N–H and O–H groups in total. The molecular weight excluding hydrogens is 358 g/mol. The molecule has 0 aliphatic carbocycles. The maximum atomic E-state index is 12.6. The number of hydrogen-bond donors (Lipinski definition) is 1. The second kappa shape index (κ2) is 6.90. The highest BCUT2D eigenvalue weighted by molar-refractivity contribution is 6.07. The Balaban J connectivity index is 1.62. The van der Waals surface area contributed by atoms with Crippen molar-refractivity contribution in [2.45, 2.75) is 0 Å². The Bertz CT molecular complexity index is 1150. The van der Waals surface area contributed by atoms with Gasteiger partial charge >= 0.3 is 0 Å². The number of amides is 1. The molecule has 0 atom stereocenters. The Hall–Kier alpha value is -3.52. The zero-order valence-corrected chi connectivity index (χ0v) is 15.0. The normalized spacial score (nSPS) is 14.5. The minimum atomic E-state index is -0.265. The number of rotatable bonds is 3. The molecule has 1 aliphatic heterocycles. The van der Waals surface area contributed by atoms with Crippen LogP contribution in [0, 0.1) is 0 Å². The fourth-order valence-electron chi connectivity index (χ4n) is 3.27. The van der Waals surface area contributed by atoms with Crippen LogP contribution in [-0.2, 0) is 4.74 Å². The van der Waals surface area contributed by atoms with E-state index in [-0.39, 0.29) is 11.9 Å². The fourth-order valence-corrected chi connectivity index (χ4v) is 3.27. The van der Waals surface area contributed by atoms with Gasteiger partial charge in [0.25, 0.3) is 5.91 Å². The summed E-state index contributed by atoms with van der Waals surface area (Å²) in [5, 5.41) is 3.59. The van der Waals surface area contributed by atoms with Gasteiger partial charge in [-0.15, -0.1) is 0 Å². The molecule has 4 aromatic rings. The first-order chi connectivity index (χ1) is 13.8. The fraction of sp³-hybridized carbons (Fsp3) is 0.200. The number of anilines is 2. The summed E-state index contributed by atoms with van der Waals surface area (Å²) in [6, 6.07) is 12.7. The van der Waals surface area contributed by atoms with Crippen LogP contribution in [0.3, 0.4) is 0 Å². The lowest BCUT2D eigenvalue weighted by molar-refractivity contribution is 0.102. The zero-order chi connectivity index (χ0) is 18.9. The number of fused-ring (bicyclic) bond motifs is 3. The summed E-state index contributed by atoms with van der Waals surface area (Å²) in [5.41, 5.74) is 2.22. The van der Waals surface area contributed by atoms with Crippen molar-refractivity contribution in [3.05, 3.63) is 54.2 Å². The molecule has 8 nitrogen and oxygen atoms in total. The molecule has 1 fully saturated rings. The van der Waals surface area contributed by atoms with Crippen LogP contribution in [0.1, 0.15) is 10.4 Å². The van der Waals surface area contributed by atoms with Gasteiger partial charge < -0.3 is 14.1 Å². The third kappa shape index (κ3) is 2.93. The van der Waals surface area contributed by atoms with Gasteiger partial charge in [0, 0.05) is 24.8 Å². The Morgan fingerprint density at radius 3 is 2.68 bits per heavy atom. The van der Waals surface area contributed by atoms with Gasteiger partial charge in [0.2, 0.25) is 11.7 Å². The first-order valence-corrected chi connectivity index (χ1v) is 9.04. The largest absolute Gasteiger partial charge is 0.432 e. The number of nitrogens with zero attached hydrogens (tertiary/aromatic N) is 4. The number of carbonyl (C=O) groups excluding carboxylic acids is 1. The molecule has 1 aromatic carbocycles. The number of hydrogen-bond acceptors (Lipinski definition) is 7. The summed E-state index contributed by atoms with van der Waals surface area (Å²) in [6.45, 7) is 2.58. The van der Waals surface area contributed by atoms with Crippen LogP contribution in [0.4, 0.5) is 11.8 Å². The number of aromatic nitrogens is 3. The van der Waals surface area contributed by atoms with Gasteiger partial charge in [0.1, 0.15) is 5.52 Å². The molecule has 4 heterocycles. The number of pyridine rings is 1. The molecule has 1 aliphatic rings. The van der Waals surface area contributed by atoms with Gasteiger partial charge in [-0.25, -0.2) is 9.97 Å². The van der Waals surface area contributed by atoms with E-state index in [0.717, 1.165) is 5.39 Å². The number of furan rings is 1. The molecule has 0 saturated carbocycles. The summed E-state index contributed by atoms with van der Waals surface area (Å²) in [4.78, 5) is 28.1. The van der Waals surface area contributed by atoms with Gasteiger partial charge in [0.15, 0.2) is 11.4 Å². The maximum Gasteiger partial charge on any atom is 0.258 e. The average Bonchev–Trinajstić information content (AvgIpc) is 3.13. The topological polar surface area (TPSA) is 93.4 Å². The summed E-state index contributed by atoms with van der Waals surface area (Å²) in [5.74, 6) is 0.600. The molecule has 8 heteroatoms. The number of carbonyl (C=O) groups is 1. The second-order valence-electron chi connectivity index (χ2n) is 6.43. The van der Waals surface area contributed by atoms with Crippen molar-refractivity contribution in [2.24, 2.45) is 0 Å². The van der Waals surface area contributed by atoms with E-state index in [2.05, 4.69) is 25.2 Å². The van der Waals surface area contributed by atoms with E-state index in [1.165, 1.54) is 0 Å². The predicted molar refractivity (Wildman–Crippen MR) is 105 cm³/mol.